The van der Waals surface area contributed by atoms with Crippen LogP contribution in [0.4, 0.5) is 0 Å². The van der Waals surface area contributed by atoms with Crippen molar-refractivity contribution < 1.29 is 9.90 Å². The van der Waals surface area contributed by atoms with Gasteiger partial charge in [-0.05, 0) is 51.1 Å². The molecule has 1 atom stereocenters. The largest absolute Gasteiger partial charge is 0.480 e. The molecule has 1 N–H and O–H groups in total. The molecule has 0 bridgehead atoms. The maximum Gasteiger partial charge on any atom is 0.317 e. The quantitative estimate of drug-likeness (QED) is 0.883. The Labute approximate surface area is 153 Å². The molecule has 1 aromatic heterocycles. The van der Waals surface area contributed by atoms with Gasteiger partial charge in [-0.2, -0.15) is 0 Å². The summed E-state index contributed by atoms with van der Waals surface area (Å²) in [6.45, 7) is 2.88. The van der Waals surface area contributed by atoms with Crippen LogP contribution in [-0.2, 0) is 18.4 Å². The number of aryl methyl sites for hydroxylation is 1. The molecule has 3 rings (SSSR count). The second kappa shape index (κ2) is 7.72. The fraction of sp³-hybridized carbons (Fsp3) is 0.556. The Balaban J connectivity index is 1.66. The molecule has 0 amide bonds. The van der Waals surface area contributed by atoms with Gasteiger partial charge in [-0.15, -0.1) is 0 Å². The third-order valence-corrected chi connectivity index (χ3v) is 5.33. The molecule has 1 aliphatic rings. The van der Waals surface area contributed by atoms with Gasteiger partial charge >= 0.3 is 5.97 Å². The Morgan fingerprint density at radius 1 is 1.40 bits per heavy atom. The van der Waals surface area contributed by atoms with Gasteiger partial charge < -0.3 is 9.67 Å². The molecule has 0 radical (unpaired) electrons. The van der Waals surface area contributed by atoms with E-state index in [4.69, 9.17) is 21.7 Å². The summed E-state index contributed by atoms with van der Waals surface area (Å²) < 4.78 is 2.13. The molecule has 2 aromatic rings. The number of benzene rings is 1. The van der Waals surface area contributed by atoms with Crippen molar-refractivity contribution in [2.24, 2.45) is 7.05 Å². The molecule has 1 fully saturated rings. The number of nitrogens with zero attached hydrogens (tertiary/aromatic N) is 4. The first-order chi connectivity index (χ1) is 11.9. The van der Waals surface area contributed by atoms with Gasteiger partial charge in [0.1, 0.15) is 5.82 Å². The van der Waals surface area contributed by atoms with Crippen LogP contribution in [0.3, 0.4) is 0 Å². The molecule has 1 aromatic carbocycles. The van der Waals surface area contributed by atoms with E-state index in [0.29, 0.717) is 11.1 Å². The summed E-state index contributed by atoms with van der Waals surface area (Å²) in [5, 5.41) is 9.68. The number of halogens is 1. The van der Waals surface area contributed by atoms with E-state index in [9.17, 15) is 4.79 Å². The number of carboxylic acid groups (broad SMARTS) is 1. The lowest BCUT2D eigenvalue weighted by atomic mass is 10.1. The lowest BCUT2D eigenvalue weighted by Gasteiger charge is -2.25. The van der Waals surface area contributed by atoms with Crippen molar-refractivity contribution in [3.05, 3.63) is 29.0 Å². The van der Waals surface area contributed by atoms with Crippen LogP contribution in [0, 0.1) is 0 Å². The molecule has 2 heterocycles. The Morgan fingerprint density at radius 3 is 2.96 bits per heavy atom. The number of likely N-dealkylation sites (N-methyl/N-ethyl adjacent to an activating group) is 1. The molecule has 136 valence electrons. The average Bonchev–Trinajstić information content (AvgIpc) is 2.72. The van der Waals surface area contributed by atoms with E-state index in [2.05, 4.69) is 9.47 Å². The second-order valence-electron chi connectivity index (χ2n) is 6.89. The van der Waals surface area contributed by atoms with Crippen molar-refractivity contribution in [3.63, 3.8) is 0 Å². The minimum absolute atomic E-state index is 0.107. The van der Waals surface area contributed by atoms with Gasteiger partial charge in [0.25, 0.3) is 0 Å². The summed E-state index contributed by atoms with van der Waals surface area (Å²) in [6, 6.07) is 6.14. The van der Waals surface area contributed by atoms with Crippen LogP contribution in [0.2, 0.25) is 5.02 Å². The lowest BCUT2D eigenvalue weighted by molar-refractivity contribution is -0.138. The Kier molecular flexibility index (Phi) is 5.61. The molecule has 1 saturated heterocycles. The van der Waals surface area contributed by atoms with Crippen molar-refractivity contribution in [1.82, 2.24) is 19.4 Å². The first-order valence-electron chi connectivity index (χ1n) is 8.69. The number of hydrogen-bond acceptors (Lipinski definition) is 4. The van der Waals surface area contributed by atoms with E-state index in [-0.39, 0.29) is 6.54 Å². The predicted molar refractivity (Wildman–Crippen MR) is 98.9 cm³/mol. The van der Waals surface area contributed by atoms with Crippen LogP contribution in [0.25, 0.3) is 11.0 Å². The first kappa shape index (κ1) is 18.2. The fourth-order valence-electron chi connectivity index (χ4n) is 3.64. The summed E-state index contributed by atoms with van der Waals surface area (Å²) in [6.07, 6.45) is 3.10. The SMILES string of the molecule is CN(CC(=O)O)C1CCCN(Cc2nc3cc(Cl)ccc3n2C)CC1. The molecule has 0 aliphatic carbocycles. The maximum atomic E-state index is 10.9. The standard InChI is InChI=1S/C18H25ClN4O2/c1-21(12-18(24)25)14-4-3-8-23(9-7-14)11-17-20-15-10-13(19)5-6-16(15)22(17)2/h5-6,10,14H,3-4,7-9,11-12H2,1-2H3,(H,24,25). The summed E-state index contributed by atoms with van der Waals surface area (Å²) in [7, 11) is 3.95. The zero-order chi connectivity index (χ0) is 18.0. The van der Waals surface area contributed by atoms with E-state index in [0.717, 1.165) is 55.8 Å². The van der Waals surface area contributed by atoms with Crippen molar-refractivity contribution in [2.45, 2.75) is 31.8 Å². The number of fused-ring (bicyclic) bond motifs is 1. The van der Waals surface area contributed by atoms with Gasteiger partial charge in [0, 0.05) is 24.7 Å². The summed E-state index contributed by atoms with van der Waals surface area (Å²) in [5.74, 6) is 0.275. The number of aliphatic carboxylic acids is 1. The highest BCUT2D eigenvalue weighted by molar-refractivity contribution is 6.31. The maximum absolute atomic E-state index is 10.9. The monoisotopic (exact) mass is 364 g/mol. The number of aromatic nitrogens is 2. The van der Waals surface area contributed by atoms with Gasteiger partial charge in [0.05, 0.1) is 24.1 Å². The van der Waals surface area contributed by atoms with Gasteiger partial charge in [-0.25, -0.2) is 4.98 Å². The van der Waals surface area contributed by atoms with Crippen LogP contribution in [0.5, 0.6) is 0 Å². The van der Waals surface area contributed by atoms with Crippen molar-refractivity contribution >= 4 is 28.6 Å². The molecule has 6 nitrogen and oxygen atoms in total. The number of rotatable bonds is 5. The van der Waals surface area contributed by atoms with Crippen LogP contribution in [-0.4, -0.2) is 63.2 Å². The zero-order valence-corrected chi connectivity index (χ0v) is 15.5. The van der Waals surface area contributed by atoms with E-state index in [1.807, 2.05) is 37.2 Å². The molecular weight excluding hydrogens is 340 g/mol. The fourth-order valence-corrected chi connectivity index (χ4v) is 3.81. The minimum Gasteiger partial charge on any atom is -0.480 e. The lowest BCUT2D eigenvalue weighted by Crippen LogP contribution is -2.36. The molecular formula is C18H25ClN4O2. The van der Waals surface area contributed by atoms with Crippen LogP contribution < -0.4 is 0 Å². The highest BCUT2D eigenvalue weighted by Crippen LogP contribution is 2.22. The molecule has 1 aliphatic heterocycles. The summed E-state index contributed by atoms with van der Waals surface area (Å²) >= 11 is 6.07. The minimum atomic E-state index is -0.762. The van der Waals surface area contributed by atoms with E-state index in [1.54, 1.807) is 0 Å². The van der Waals surface area contributed by atoms with E-state index >= 15 is 0 Å². The topological polar surface area (TPSA) is 61.6 Å². The van der Waals surface area contributed by atoms with Crippen molar-refractivity contribution in [3.8, 4) is 0 Å². The average molecular weight is 365 g/mol. The van der Waals surface area contributed by atoms with Gasteiger partial charge in [-0.3, -0.25) is 14.6 Å². The molecule has 1 unspecified atom stereocenters. The normalized spacial score (nSPS) is 19.4. The number of hydrogen-bond donors (Lipinski definition) is 1. The van der Waals surface area contributed by atoms with Crippen LogP contribution >= 0.6 is 11.6 Å². The number of carbonyl (C=O) groups is 1. The smallest absolute Gasteiger partial charge is 0.317 e. The molecule has 7 heteroatoms. The van der Waals surface area contributed by atoms with E-state index < -0.39 is 5.97 Å². The van der Waals surface area contributed by atoms with Gasteiger partial charge in [-0.1, -0.05) is 11.6 Å². The van der Waals surface area contributed by atoms with Crippen molar-refractivity contribution in [1.29, 1.82) is 0 Å². The highest BCUT2D eigenvalue weighted by Gasteiger charge is 2.22. The zero-order valence-electron chi connectivity index (χ0n) is 14.8. The predicted octanol–water partition coefficient (Wildman–Crippen LogP) is 2.60. The third-order valence-electron chi connectivity index (χ3n) is 5.10. The number of likely N-dealkylation sites (tertiary alicyclic amines) is 1. The van der Waals surface area contributed by atoms with Crippen LogP contribution in [0.15, 0.2) is 18.2 Å². The number of carboxylic acids is 1. The van der Waals surface area contributed by atoms with Crippen molar-refractivity contribution in [2.75, 3.05) is 26.7 Å². The molecule has 0 saturated carbocycles. The second-order valence-corrected chi connectivity index (χ2v) is 7.33. The van der Waals surface area contributed by atoms with Gasteiger partial charge in [0.15, 0.2) is 0 Å². The Hall–Kier alpha value is -1.63. The Bertz CT molecular complexity index is 761. The number of imidazole rings is 1. The van der Waals surface area contributed by atoms with Crippen LogP contribution in [0.1, 0.15) is 25.1 Å². The van der Waals surface area contributed by atoms with E-state index in [1.165, 1.54) is 0 Å². The summed E-state index contributed by atoms with van der Waals surface area (Å²) in [5.41, 5.74) is 2.02. The molecule has 25 heavy (non-hydrogen) atoms. The summed E-state index contributed by atoms with van der Waals surface area (Å²) in [4.78, 5) is 20.0. The highest BCUT2D eigenvalue weighted by atomic mass is 35.5. The Morgan fingerprint density at radius 2 is 2.20 bits per heavy atom. The third kappa shape index (κ3) is 4.32. The first-order valence-corrected chi connectivity index (χ1v) is 9.07. The molecule has 0 spiro atoms. The van der Waals surface area contributed by atoms with Gasteiger partial charge in [0.2, 0.25) is 0 Å².